The zero-order chi connectivity index (χ0) is 25.3. The second-order valence-corrected chi connectivity index (χ2v) is 9.50. The Bertz CT molecular complexity index is 1720. The summed E-state index contributed by atoms with van der Waals surface area (Å²) in [5.74, 6) is 1.43. The highest BCUT2D eigenvalue weighted by Gasteiger charge is 2.17. The van der Waals surface area contributed by atoms with Gasteiger partial charge in [0.1, 0.15) is 18.1 Å². The van der Waals surface area contributed by atoms with Crippen LogP contribution in [0.25, 0.3) is 56.0 Å². The zero-order valence-electron chi connectivity index (χ0n) is 20.8. The number of aromatic amines is 2. The normalized spacial score (nSPS) is 14.0. The SMILES string of the molecule is c1ccc(-c2ccnc3nc(-c4n[nH]c5ccc(-c6cncc(OCCN7CCCC7)c6)cc45)[nH]c23)nc1. The van der Waals surface area contributed by atoms with E-state index in [4.69, 9.17) is 9.72 Å². The number of fused-ring (bicyclic) bond motifs is 2. The lowest BCUT2D eigenvalue weighted by molar-refractivity contribution is 0.237. The third-order valence-corrected chi connectivity index (χ3v) is 7.04. The Morgan fingerprint density at radius 2 is 1.87 bits per heavy atom. The van der Waals surface area contributed by atoms with Gasteiger partial charge >= 0.3 is 0 Å². The first kappa shape index (κ1) is 22.6. The van der Waals surface area contributed by atoms with Gasteiger partial charge in [0.05, 0.1) is 22.9 Å². The Balaban J connectivity index is 1.20. The second kappa shape index (κ2) is 9.68. The molecular weight excluding hydrogens is 476 g/mol. The number of ether oxygens (including phenoxy) is 1. The van der Waals surface area contributed by atoms with Gasteiger partial charge in [-0.25, -0.2) is 9.97 Å². The number of rotatable bonds is 7. The number of likely N-dealkylation sites (tertiary alicyclic amines) is 1. The number of hydrogen-bond donors (Lipinski definition) is 2. The van der Waals surface area contributed by atoms with Gasteiger partial charge in [-0.2, -0.15) is 5.10 Å². The summed E-state index contributed by atoms with van der Waals surface area (Å²) in [4.78, 5) is 24.0. The van der Waals surface area contributed by atoms with Crippen LogP contribution in [-0.2, 0) is 0 Å². The van der Waals surface area contributed by atoms with Crippen molar-refractivity contribution in [2.75, 3.05) is 26.2 Å². The Morgan fingerprint density at radius 1 is 0.921 bits per heavy atom. The molecule has 9 heteroatoms. The van der Waals surface area contributed by atoms with Crippen molar-refractivity contribution in [3.8, 4) is 39.7 Å². The molecule has 0 bridgehead atoms. The van der Waals surface area contributed by atoms with Gasteiger partial charge in [-0.1, -0.05) is 12.1 Å². The predicted molar refractivity (Wildman–Crippen MR) is 147 cm³/mol. The minimum atomic E-state index is 0.624. The van der Waals surface area contributed by atoms with E-state index in [2.05, 4.69) is 47.2 Å². The van der Waals surface area contributed by atoms with Gasteiger partial charge in [0.25, 0.3) is 0 Å². The number of imidazole rings is 1. The van der Waals surface area contributed by atoms with Crippen molar-refractivity contribution in [1.82, 2.24) is 40.0 Å². The molecule has 1 fully saturated rings. The van der Waals surface area contributed by atoms with Gasteiger partial charge < -0.3 is 9.72 Å². The summed E-state index contributed by atoms with van der Waals surface area (Å²) in [7, 11) is 0. The van der Waals surface area contributed by atoms with Crippen LogP contribution in [0.2, 0.25) is 0 Å². The molecule has 6 heterocycles. The van der Waals surface area contributed by atoms with Crippen LogP contribution >= 0.6 is 0 Å². The topological polar surface area (TPSA) is 108 Å². The summed E-state index contributed by atoms with van der Waals surface area (Å²) >= 11 is 0. The molecule has 9 nitrogen and oxygen atoms in total. The largest absolute Gasteiger partial charge is 0.491 e. The first-order chi connectivity index (χ1) is 18.8. The lowest BCUT2D eigenvalue weighted by Crippen LogP contribution is -2.25. The lowest BCUT2D eigenvalue weighted by Gasteiger charge is -2.15. The molecule has 0 saturated carbocycles. The van der Waals surface area contributed by atoms with Crippen molar-refractivity contribution >= 4 is 22.1 Å². The predicted octanol–water partition coefficient (Wildman–Crippen LogP) is 5.10. The fourth-order valence-electron chi connectivity index (χ4n) is 5.09. The highest BCUT2D eigenvalue weighted by Crippen LogP contribution is 2.32. The van der Waals surface area contributed by atoms with E-state index in [9.17, 15) is 0 Å². The summed E-state index contributed by atoms with van der Waals surface area (Å²) < 4.78 is 6.03. The fourth-order valence-corrected chi connectivity index (χ4v) is 5.09. The van der Waals surface area contributed by atoms with Crippen molar-refractivity contribution in [3.05, 3.63) is 73.3 Å². The molecule has 38 heavy (non-hydrogen) atoms. The van der Waals surface area contributed by atoms with E-state index < -0.39 is 0 Å². The van der Waals surface area contributed by atoms with Crippen molar-refractivity contribution in [2.24, 2.45) is 0 Å². The monoisotopic (exact) mass is 502 g/mol. The van der Waals surface area contributed by atoms with Crippen LogP contribution in [0.15, 0.2) is 73.3 Å². The molecule has 1 aromatic carbocycles. The maximum absolute atomic E-state index is 6.03. The lowest BCUT2D eigenvalue weighted by atomic mass is 10.0. The minimum Gasteiger partial charge on any atom is -0.491 e. The highest BCUT2D eigenvalue weighted by atomic mass is 16.5. The molecular formula is C29H26N8O. The molecule has 7 rings (SSSR count). The minimum absolute atomic E-state index is 0.624. The van der Waals surface area contributed by atoms with Crippen molar-refractivity contribution < 1.29 is 4.74 Å². The summed E-state index contributed by atoms with van der Waals surface area (Å²) in [6.45, 7) is 3.94. The number of pyridine rings is 3. The summed E-state index contributed by atoms with van der Waals surface area (Å²) in [5, 5.41) is 8.68. The zero-order valence-corrected chi connectivity index (χ0v) is 20.8. The molecule has 5 aromatic heterocycles. The van der Waals surface area contributed by atoms with Crippen LogP contribution < -0.4 is 4.74 Å². The summed E-state index contributed by atoms with van der Waals surface area (Å²) in [5.41, 5.74) is 6.94. The van der Waals surface area contributed by atoms with Gasteiger partial charge in [-0.05, 0) is 67.9 Å². The van der Waals surface area contributed by atoms with Gasteiger partial charge in [-0.15, -0.1) is 0 Å². The maximum Gasteiger partial charge on any atom is 0.178 e. The second-order valence-electron chi connectivity index (χ2n) is 9.50. The van der Waals surface area contributed by atoms with Crippen LogP contribution in [0.3, 0.4) is 0 Å². The molecule has 2 N–H and O–H groups in total. The number of hydrogen-bond acceptors (Lipinski definition) is 7. The molecule has 0 unspecified atom stereocenters. The Kier molecular flexibility index (Phi) is 5.75. The van der Waals surface area contributed by atoms with E-state index in [0.29, 0.717) is 18.1 Å². The molecule has 1 aliphatic heterocycles. The average molecular weight is 503 g/mol. The van der Waals surface area contributed by atoms with E-state index in [1.807, 2.05) is 42.6 Å². The van der Waals surface area contributed by atoms with Crippen LogP contribution in [0.1, 0.15) is 12.8 Å². The van der Waals surface area contributed by atoms with E-state index in [-0.39, 0.29) is 0 Å². The number of nitrogens with one attached hydrogen (secondary N) is 2. The molecule has 0 spiro atoms. The summed E-state index contributed by atoms with van der Waals surface area (Å²) in [6, 6.07) is 16.0. The molecule has 188 valence electrons. The number of nitrogens with zero attached hydrogens (tertiary/aromatic N) is 6. The van der Waals surface area contributed by atoms with E-state index in [0.717, 1.165) is 56.8 Å². The Morgan fingerprint density at radius 3 is 2.76 bits per heavy atom. The summed E-state index contributed by atoms with van der Waals surface area (Å²) in [6.07, 6.45) is 9.74. The number of benzene rings is 1. The van der Waals surface area contributed by atoms with Crippen LogP contribution in [0, 0.1) is 0 Å². The molecule has 1 saturated heterocycles. The van der Waals surface area contributed by atoms with Crippen molar-refractivity contribution in [1.29, 1.82) is 0 Å². The van der Waals surface area contributed by atoms with E-state index in [1.165, 1.54) is 25.9 Å². The highest BCUT2D eigenvalue weighted by molar-refractivity contribution is 5.97. The van der Waals surface area contributed by atoms with Crippen molar-refractivity contribution in [3.63, 3.8) is 0 Å². The van der Waals surface area contributed by atoms with Crippen molar-refractivity contribution in [2.45, 2.75) is 12.8 Å². The number of H-pyrrole nitrogens is 2. The van der Waals surface area contributed by atoms with Crippen LogP contribution in [0.4, 0.5) is 0 Å². The van der Waals surface area contributed by atoms with Crippen LogP contribution in [0.5, 0.6) is 5.75 Å². The molecule has 0 radical (unpaired) electrons. The van der Waals surface area contributed by atoms with Gasteiger partial charge in [0.15, 0.2) is 11.5 Å². The Hall–Kier alpha value is -4.63. The first-order valence-electron chi connectivity index (χ1n) is 12.9. The van der Waals surface area contributed by atoms with Crippen LogP contribution in [-0.4, -0.2) is 66.3 Å². The Labute approximate surface area is 219 Å². The van der Waals surface area contributed by atoms with Gasteiger partial charge in [0.2, 0.25) is 0 Å². The van der Waals surface area contributed by atoms with Gasteiger partial charge in [0, 0.05) is 41.6 Å². The molecule has 0 amide bonds. The molecule has 1 aliphatic rings. The number of aromatic nitrogens is 7. The molecule has 0 atom stereocenters. The molecule has 0 aliphatic carbocycles. The van der Waals surface area contributed by atoms with E-state index >= 15 is 0 Å². The smallest absolute Gasteiger partial charge is 0.178 e. The standard InChI is InChI=1S/C29H26N8O/c1-2-9-31-24(5-1)22-8-10-32-28-26(22)33-29(34-28)27-23-16-19(6-7-25(23)35-36-27)20-15-21(18-30-17-20)38-14-13-37-11-3-4-12-37/h1-2,5-10,15-18H,3-4,11-14H2,(H,35,36)(H,32,33,34). The first-order valence-corrected chi connectivity index (χ1v) is 12.9. The van der Waals surface area contributed by atoms with E-state index in [1.54, 1.807) is 18.6 Å². The molecule has 6 aromatic rings. The fraction of sp³-hybridized carbons (Fsp3) is 0.207. The maximum atomic E-state index is 6.03. The third kappa shape index (κ3) is 4.26. The average Bonchev–Trinajstić information content (AvgIpc) is 3.73. The van der Waals surface area contributed by atoms with Gasteiger partial charge in [-0.3, -0.25) is 20.0 Å². The third-order valence-electron chi connectivity index (χ3n) is 7.04. The quantitative estimate of drug-likeness (QED) is 0.313.